The van der Waals surface area contributed by atoms with Gasteiger partial charge >= 0.3 is 12.0 Å². The lowest BCUT2D eigenvalue weighted by molar-refractivity contribution is -0.141. The number of nitrogens with one attached hydrogen (secondary N) is 1. The summed E-state index contributed by atoms with van der Waals surface area (Å²) in [5.41, 5.74) is 0.909. The largest absolute Gasteiger partial charge is 0.465 e. The molecule has 0 radical (unpaired) electrons. The highest BCUT2D eigenvalue weighted by Crippen LogP contribution is 2.00. The van der Waals surface area contributed by atoms with Crippen molar-refractivity contribution in [1.82, 2.24) is 10.3 Å². The molecule has 0 aromatic heterocycles. The maximum absolute atomic E-state index is 11.5. The van der Waals surface area contributed by atoms with Crippen molar-refractivity contribution in [3.05, 3.63) is 35.9 Å². The molecule has 0 aliphatic carbocycles. The molecule has 0 saturated heterocycles. The maximum atomic E-state index is 11.5. The van der Waals surface area contributed by atoms with Crippen LogP contribution in [0.25, 0.3) is 0 Å². The first-order valence-electron chi connectivity index (χ1n) is 5.63. The van der Waals surface area contributed by atoms with Crippen LogP contribution in [0.2, 0.25) is 0 Å². The Labute approximate surface area is 106 Å². The molecule has 0 bridgehead atoms. The fourth-order valence-corrected chi connectivity index (χ4v) is 1.31. The number of hydrogen-bond acceptors (Lipinski definition) is 4. The van der Waals surface area contributed by atoms with Crippen LogP contribution in [0.1, 0.15) is 12.5 Å². The second-order valence-corrected chi connectivity index (χ2v) is 3.58. The second-order valence-electron chi connectivity index (χ2n) is 3.58. The highest BCUT2D eigenvalue weighted by molar-refractivity contribution is 5.80. The van der Waals surface area contributed by atoms with Crippen molar-refractivity contribution in [1.29, 1.82) is 0 Å². The van der Waals surface area contributed by atoms with Gasteiger partial charge in [-0.2, -0.15) is 0 Å². The van der Waals surface area contributed by atoms with Crippen LogP contribution in [0.3, 0.4) is 0 Å². The van der Waals surface area contributed by atoms with E-state index in [0.717, 1.165) is 10.6 Å². The van der Waals surface area contributed by atoms with E-state index >= 15 is 0 Å². The molecule has 18 heavy (non-hydrogen) atoms. The van der Waals surface area contributed by atoms with E-state index in [1.807, 2.05) is 30.3 Å². The summed E-state index contributed by atoms with van der Waals surface area (Å²) in [6.07, 6.45) is 0. The lowest BCUT2D eigenvalue weighted by atomic mass is 10.2. The van der Waals surface area contributed by atoms with Gasteiger partial charge in [0.15, 0.2) is 0 Å². The monoisotopic (exact) mass is 251 g/mol. The number of hydrogen-bond donors (Lipinski definition) is 2. The van der Waals surface area contributed by atoms with Gasteiger partial charge in [-0.1, -0.05) is 30.3 Å². The van der Waals surface area contributed by atoms with Gasteiger partial charge in [-0.15, -0.1) is 0 Å². The van der Waals surface area contributed by atoms with E-state index in [9.17, 15) is 9.59 Å². The van der Waals surface area contributed by atoms with Gasteiger partial charge < -0.3 is 10.1 Å². The standard InChI is InChI=1S/C12H17N3O3/c1-2-18-11(16)8-14-12(17)15(13)9-10-6-4-3-5-7-10/h3-7H,2,8-9,13H2,1H3,(H,14,17). The van der Waals surface area contributed by atoms with Crippen LogP contribution in [-0.2, 0) is 16.1 Å². The Bertz CT molecular complexity index is 395. The molecule has 0 unspecified atom stereocenters. The summed E-state index contributed by atoms with van der Waals surface area (Å²) >= 11 is 0. The average Bonchev–Trinajstić information content (AvgIpc) is 2.37. The molecule has 0 fully saturated rings. The number of urea groups is 1. The first-order valence-corrected chi connectivity index (χ1v) is 5.63. The van der Waals surface area contributed by atoms with E-state index in [4.69, 9.17) is 5.84 Å². The van der Waals surface area contributed by atoms with Gasteiger partial charge in [0.2, 0.25) is 0 Å². The SMILES string of the molecule is CCOC(=O)CNC(=O)N(N)Cc1ccccc1. The zero-order chi connectivity index (χ0) is 13.4. The molecule has 6 heteroatoms. The number of benzene rings is 1. The van der Waals surface area contributed by atoms with Gasteiger partial charge in [-0.25, -0.2) is 10.6 Å². The minimum Gasteiger partial charge on any atom is -0.465 e. The van der Waals surface area contributed by atoms with Crippen molar-refractivity contribution in [2.24, 2.45) is 5.84 Å². The van der Waals surface area contributed by atoms with Crippen molar-refractivity contribution in [3.63, 3.8) is 0 Å². The molecule has 1 aromatic rings. The van der Waals surface area contributed by atoms with Crippen LogP contribution < -0.4 is 11.2 Å². The van der Waals surface area contributed by atoms with Gasteiger partial charge in [-0.05, 0) is 12.5 Å². The first kappa shape index (κ1) is 14.0. The highest BCUT2D eigenvalue weighted by atomic mass is 16.5. The van der Waals surface area contributed by atoms with Gasteiger partial charge in [0.05, 0.1) is 13.2 Å². The summed E-state index contributed by atoms with van der Waals surface area (Å²) in [4.78, 5) is 22.6. The number of nitrogens with zero attached hydrogens (tertiary/aromatic N) is 1. The molecule has 0 atom stereocenters. The van der Waals surface area contributed by atoms with Crippen LogP contribution in [0.15, 0.2) is 30.3 Å². The molecule has 0 heterocycles. The molecule has 6 nitrogen and oxygen atoms in total. The van der Waals surface area contributed by atoms with Crippen molar-refractivity contribution in [3.8, 4) is 0 Å². The van der Waals surface area contributed by atoms with Gasteiger partial charge in [0, 0.05) is 0 Å². The minimum absolute atomic E-state index is 0.185. The third kappa shape index (κ3) is 4.84. The van der Waals surface area contributed by atoms with Crippen LogP contribution in [0, 0.1) is 0 Å². The second kappa shape index (κ2) is 7.29. The number of hydrazine groups is 1. The Kier molecular flexibility index (Phi) is 5.66. The van der Waals surface area contributed by atoms with E-state index in [2.05, 4.69) is 10.1 Å². The summed E-state index contributed by atoms with van der Waals surface area (Å²) in [6.45, 7) is 2.07. The minimum atomic E-state index is -0.521. The van der Waals surface area contributed by atoms with Gasteiger partial charge in [0.1, 0.15) is 6.54 Å². The number of nitrogens with two attached hydrogens (primary N) is 1. The molecule has 0 aliphatic rings. The summed E-state index contributed by atoms with van der Waals surface area (Å²) < 4.78 is 4.68. The van der Waals surface area contributed by atoms with Crippen LogP contribution in [-0.4, -0.2) is 30.2 Å². The van der Waals surface area contributed by atoms with Crippen LogP contribution >= 0.6 is 0 Å². The topological polar surface area (TPSA) is 84.7 Å². The molecule has 0 saturated carbocycles. The van der Waals surface area contributed by atoms with E-state index in [1.54, 1.807) is 6.92 Å². The van der Waals surface area contributed by atoms with Crippen molar-refractivity contribution in [2.45, 2.75) is 13.5 Å². The van der Waals surface area contributed by atoms with Gasteiger partial charge in [0.25, 0.3) is 0 Å². The van der Waals surface area contributed by atoms with E-state index in [0.29, 0.717) is 0 Å². The predicted octanol–water partition coefficient (Wildman–Crippen LogP) is 0.635. The molecule has 2 amide bonds. The van der Waals surface area contributed by atoms with Crippen molar-refractivity contribution < 1.29 is 14.3 Å². The maximum Gasteiger partial charge on any atom is 0.332 e. The van der Waals surface area contributed by atoms with Crippen LogP contribution in [0.5, 0.6) is 0 Å². The van der Waals surface area contributed by atoms with Gasteiger partial charge in [-0.3, -0.25) is 9.80 Å². The molecular formula is C12H17N3O3. The smallest absolute Gasteiger partial charge is 0.332 e. The zero-order valence-electron chi connectivity index (χ0n) is 10.3. The van der Waals surface area contributed by atoms with E-state index in [1.165, 1.54) is 0 Å². The third-order valence-electron chi connectivity index (χ3n) is 2.15. The third-order valence-corrected chi connectivity index (χ3v) is 2.15. The Morgan fingerprint density at radius 1 is 1.33 bits per heavy atom. The number of ether oxygens (including phenoxy) is 1. The first-order chi connectivity index (χ1) is 8.63. The van der Waals surface area contributed by atoms with E-state index < -0.39 is 12.0 Å². The number of rotatable bonds is 5. The Morgan fingerprint density at radius 2 is 2.00 bits per heavy atom. The average molecular weight is 251 g/mol. The number of amides is 2. The van der Waals surface area contributed by atoms with Crippen LogP contribution in [0.4, 0.5) is 4.79 Å². The number of carbonyl (C=O) groups is 2. The number of esters is 1. The molecule has 1 rings (SSSR count). The number of carbonyl (C=O) groups excluding carboxylic acids is 2. The fraction of sp³-hybridized carbons (Fsp3) is 0.333. The summed E-state index contributed by atoms with van der Waals surface area (Å²) in [5, 5.41) is 3.38. The summed E-state index contributed by atoms with van der Waals surface area (Å²) in [7, 11) is 0. The Hall–Kier alpha value is -2.08. The normalized spacial score (nSPS) is 9.67. The molecule has 1 aromatic carbocycles. The summed E-state index contributed by atoms with van der Waals surface area (Å²) in [6, 6.07) is 8.80. The van der Waals surface area contributed by atoms with Crippen molar-refractivity contribution >= 4 is 12.0 Å². The molecule has 0 spiro atoms. The van der Waals surface area contributed by atoms with E-state index in [-0.39, 0.29) is 19.7 Å². The fourth-order valence-electron chi connectivity index (χ4n) is 1.31. The molecular weight excluding hydrogens is 234 g/mol. The quantitative estimate of drug-likeness (QED) is 0.348. The summed E-state index contributed by atoms with van der Waals surface area (Å²) in [5.74, 6) is 5.09. The molecule has 0 aliphatic heterocycles. The molecule has 98 valence electrons. The van der Waals surface area contributed by atoms with Crippen molar-refractivity contribution in [2.75, 3.05) is 13.2 Å². The Morgan fingerprint density at radius 3 is 2.61 bits per heavy atom. The Balaban J connectivity index is 2.35. The zero-order valence-corrected chi connectivity index (χ0v) is 10.3. The lowest BCUT2D eigenvalue weighted by Gasteiger charge is -2.17. The lowest BCUT2D eigenvalue weighted by Crippen LogP contribution is -2.45. The molecule has 3 N–H and O–H groups in total. The predicted molar refractivity (Wildman–Crippen MR) is 66.2 cm³/mol. The highest BCUT2D eigenvalue weighted by Gasteiger charge is 2.11.